The minimum absolute atomic E-state index is 0.00679. The standard InChI is InChI=1S/C20H24N4O3/c1-27-16-7-5-15(6-8-16)19(25)22-10-12-23(13-11-22)20(26)17-14-21-24-9-3-2-4-18(17)24/h5-8,14H,2-4,9-13H2,1H3. The van der Waals surface area contributed by atoms with Gasteiger partial charge in [-0.15, -0.1) is 0 Å². The van der Waals surface area contributed by atoms with Crippen LogP contribution in [0.5, 0.6) is 5.75 Å². The van der Waals surface area contributed by atoms with E-state index in [0.717, 1.165) is 42.8 Å². The molecule has 7 heteroatoms. The average molecular weight is 368 g/mol. The molecule has 2 amide bonds. The average Bonchev–Trinajstić information content (AvgIpc) is 3.17. The highest BCUT2D eigenvalue weighted by Crippen LogP contribution is 2.21. The van der Waals surface area contributed by atoms with Gasteiger partial charge >= 0.3 is 0 Å². The first kappa shape index (κ1) is 17.6. The van der Waals surface area contributed by atoms with E-state index in [1.165, 1.54) is 0 Å². The van der Waals surface area contributed by atoms with Crippen LogP contribution in [0.25, 0.3) is 0 Å². The van der Waals surface area contributed by atoms with Crippen molar-refractivity contribution in [3.8, 4) is 5.75 Å². The lowest BCUT2D eigenvalue weighted by Crippen LogP contribution is -2.50. The molecular weight excluding hydrogens is 344 g/mol. The summed E-state index contributed by atoms with van der Waals surface area (Å²) in [7, 11) is 1.60. The Kier molecular flexibility index (Phi) is 4.83. The van der Waals surface area contributed by atoms with Crippen LogP contribution in [0.3, 0.4) is 0 Å². The van der Waals surface area contributed by atoms with Gasteiger partial charge in [-0.25, -0.2) is 0 Å². The molecule has 2 aromatic rings. The maximum Gasteiger partial charge on any atom is 0.257 e. The van der Waals surface area contributed by atoms with Gasteiger partial charge in [0.25, 0.3) is 11.8 Å². The number of hydrogen-bond donors (Lipinski definition) is 0. The van der Waals surface area contributed by atoms with Gasteiger partial charge in [0.2, 0.25) is 0 Å². The lowest BCUT2D eigenvalue weighted by atomic mass is 10.1. The van der Waals surface area contributed by atoms with Crippen LogP contribution in [-0.2, 0) is 13.0 Å². The smallest absolute Gasteiger partial charge is 0.257 e. The molecule has 0 atom stereocenters. The Bertz CT molecular complexity index is 835. The second-order valence-electron chi connectivity index (χ2n) is 7.00. The van der Waals surface area contributed by atoms with E-state index in [2.05, 4.69) is 5.10 Å². The summed E-state index contributed by atoms with van der Waals surface area (Å²) >= 11 is 0. The number of fused-ring (bicyclic) bond motifs is 1. The number of methoxy groups -OCH3 is 1. The lowest BCUT2D eigenvalue weighted by Gasteiger charge is -2.35. The first-order valence-corrected chi connectivity index (χ1v) is 9.44. The second kappa shape index (κ2) is 7.42. The molecule has 0 aliphatic carbocycles. The van der Waals surface area contributed by atoms with E-state index in [9.17, 15) is 9.59 Å². The zero-order valence-corrected chi connectivity index (χ0v) is 15.6. The van der Waals surface area contributed by atoms with Crippen molar-refractivity contribution in [2.24, 2.45) is 0 Å². The van der Waals surface area contributed by atoms with Crippen molar-refractivity contribution in [1.29, 1.82) is 0 Å². The van der Waals surface area contributed by atoms with Crippen LogP contribution in [0, 0.1) is 0 Å². The highest BCUT2D eigenvalue weighted by atomic mass is 16.5. The Morgan fingerprint density at radius 1 is 0.926 bits per heavy atom. The lowest BCUT2D eigenvalue weighted by molar-refractivity contribution is 0.0534. The number of nitrogens with zero attached hydrogens (tertiary/aromatic N) is 4. The molecule has 27 heavy (non-hydrogen) atoms. The van der Waals surface area contributed by atoms with Crippen molar-refractivity contribution >= 4 is 11.8 Å². The fraction of sp³-hybridized carbons (Fsp3) is 0.450. The number of aryl methyl sites for hydroxylation is 1. The third kappa shape index (κ3) is 3.41. The second-order valence-corrected chi connectivity index (χ2v) is 7.00. The molecule has 142 valence electrons. The summed E-state index contributed by atoms with van der Waals surface area (Å²) in [5, 5.41) is 4.36. The van der Waals surface area contributed by atoms with E-state index in [1.807, 2.05) is 9.58 Å². The normalized spacial score (nSPS) is 16.8. The Labute approximate surface area is 158 Å². The van der Waals surface area contributed by atoms with Crippen LogP contribution in [0.4, 0.5) is 0 Å². The molecule has 1 saturated heterocycles. The molecular formula is C20H24N4O3. The summed E-state index contributed by atoms with van der Waals surface area (Å²) in [6.45, 7) is 3.07. The maximum absolute atomic E-state index is 12.9. The van der Waals surface area contributed by atoms with Gasteiger partial charge in [0.1, 0.15) is 5.75 Å². The number of rotatable bonds is 3. The largest absolute Gasteiger partial charge is 0.497 e. The number of amides is 2. The summed E-state index contributed by atoms with van der Waals surface area (Å²) in [5.41, 5.74) is 2.42. The van der Waals surface area contributed by atoms with Gasteiger partial charge in [-0.2, -0.15) is 5.10 Å². The number of aromatic nitrogens is 2. The Hall–Kier alpha value is -2.83. The van der Waals surface area contributed by atoms with Crippen LogP contribution in [0.15, 0.2) is 30.5 Å². The van der Waals surface area contributed by atoms with Crippen LogP contribution >= 0.6 is 0 Å². The van der Waals surface area contributed by atoms with Gasteiger partial charge in [-0.1, -0.05) is 0 Å². The Balaban J connectivity index is 1.39. The van der Waals surface area contributed by atoms with Crippen LogP contribution in [0.1, 0.15) is 39.3 Å². The van der Waals surface area contributed by atoms with Crippen LogP contribution < -0.4 is 4.74 Å². The topological polar surface area (TPSA) is 67.7 Å². The summed E-state index contributed by atoms with van der Waals surface area (Å²) in [4.78, 5) is 29.2. The zero-order valence-electron chi connectivity index (χ0n) is 15.6. The van der Waals surface area contributed by atoms with E-state index >= 15 is 0 Å². The van der Waals surface area contributed by atoms with Gasteiger partial charge in [-0.3, -0.25) is 14.3 Å². The fourth-order valence-electron chi connectivity index (χ4n) is 3.80. The minimum Gasteiger partial charge on any atom is -0.497 e. The van der Waals surface area contributed by atoms with Crippen molar-refractivity contribution in [3.63, 3.8) is 0 Å². The highest BCUT2D eigenvalue weighted by molar-refractivity contribution is 5.96. The summed E-state index contributed by atoms with van der Waals surface area (Å²) in [6, 6.07) is 7.13. The third-order valence-corrected chi connectivity index (χ3v) is 5.40. The Morgan fingerprint density at radius 2 is 1.59 bits per heavy atom. The van der Waals surface area contributed by atoms with Crippen molar-refractivity contribution in [2.45, 2.75) is 25.8 Å². The van der Waals surface area contributed by atoms with Crippen LogP contribution in [-0.4, -0.2) is 64.7 Å². The molecule has 1 aromatic carbocycles. The molecule has 1 aromatic heterocycles. The maximum atomic E-state index is 12.9. The molecule has 2 aliphatic rings. The third-order valence-electron chi connectivity index (χ3n) is 5.40. The first-order chi connectivity index (χ1) is 13.2. The van der Waals surface area contributed by atoms with Gasteiger partial charge in [-0.05, 0) is 43.5 Å². The molecule has 0 N–H and O–H groups in total. The molecule has 0 spiro atoms. The molecule has 3 heterocycles. The zero-order chi connectivity index (χ0) is 18.8. The molecule has 1 fully saturated rings. The van der Waals surface area contributed by atoms with Crippen molar-refractivity contribution in [1.82, 2.24) is 19.6 Å². The Morgan fingerprint density at radius 3 is 2.26 bits per heavy atom. The van der Waals surface area contributed by atoms with E-state index in [4.69, 9.17) is 4.74 Å². The summed E-state index contributed by atoms with van der Waals surface area (Å²) in [6.07, 6.45) is 4.85. The predicted molar refractivity (Wildman–Crippen MR) is 100.0 cm³/mol. The molecule has 4 rings (SSSR count). The van der Waals surface area contributed by atoms with E-state index in [0.29, 0.717) is 31.7 Å². The highest BCUT2D eigenvalue weighted by Gasteiger charge is 2.28. The molecule has 0 unspecified atom stereocenters. The minimum atomic E-state index is -0.00679. The quantitative estimate of drug-likeness (QED) is 0.829. The van der Waals surface area contributed by atoms with Gasteiger partial charge < -0.3 is 14.5 Å². The van der Waals surface area contributed by atoms with Gasteiger partial charge in [0.05, 0.1) is 24.6 Å². The summed E-state index contributed by atoms with van der Waals surface area (Å²) < 4.78 is 7.09. The monoisotopic (exact) mass is 368 g/mol. The molecule has 0 saturated carbocycles. The number of hydrogen-bond acceptors (Lipinski definition) is 4. The molecule has 2 aliphatic heterocycles. The number of ether oxygens (including phenoxy) is 1. The molecule has 0 bridgehead atoms. The summed E-state index contributed by atoms with van der Waals surface area (Å²) in [5.74, 6) is 0.758. The van der Waals surface area contributed by atoms with Gasteiger partial charge in [0.15, 0.2) is 0 Å². The fourth-order valence-corrected chi connectivity index (χ4v) is 3.80. The molecule has 0 radical (unpaired) electrons. The number of carbonyl (C=O) groups excluding carboxylic acids is 2. The number of piperazine rings is 1. The number of benzene rings is 1. The van der Waals surface area contributed by atoms with Crippen molar-refractivity contribution in [2.75, 3.05) is 33.3 Å². The molecule has 7 nitrogen and oxygen atoms in total. The van der Waals surface area contributed by atoms with E-state index in [-0.39, 0.29) is 11.8 Å². The van der Waals surface area contributed by atoms with Crippen molar-refractivity contribution in [3.05, 3.63) is 47.3 Å². The SMILES string of the molecule is COc1ccc(C(=O)N2CCN(C(=O)c3cnn4c3CCCC4)CC2)cc1. The van der Waals surface area contributed by atoms with Gasteiger partial charge in [0, 0.05) is 38.3 Å². The van der Waals surface area contributed by atoms with Crippen molar-refractivity contribution < 1.29 is 14.3 Å². The predicted octanol–water partition coefficient (Wildman–Crippen LogP) is 1.83. The number of carbonyl (C=O) groups is 2. The van der Waals surface area contributed by atoms with Crippen LogP contribution in [0.2, 0.25) is 0 Å². The van der Waals surface area contributed by atoms with E-state index < -0.39 is 0 Å². The first-order valence-electron chi connectivity index (χ1n) is 9.44. The van der Waals surface area contributed by atoms with E-state index in [1.54, 1.807) is 42.5 Å².